The molecule has 0 saturated carbocycles. The lowest BCUT2D eigenvalue weighted by atomic mass is 10.1. The molecule has 0 aromatic carbocycles. The predicted molar refractivity (Wildman–Crippen MR) is 56.7 cm³/mol. The van der Waals surface area contributed by atoms with Crippen LogP contribution in [0.2, 0.25) is 0 Å². The molecule has 2 amide bonds. The minimum atomic E-state index is -1.12. The van der Waals surface area contributed by atoms with Crippen LogP contribution in [0.1, 0.15) is 38.4 Å². The SMILES string of the molecule is CC.CC[C@@H](C)C(=O)NOC(=O)NO.[HH].[HH].[HH]. The summed E-state index contributed by atoms with van der Waals surface area (Å²) in [5, 5.41) is 7.97. The van der Waals surface area contributed by atoms with E-state index in [-0.39, 0.29) is 10.2 Å². The summed E-state index contributed by atoms with van der Waals surface area (Å²) in [6.45, 7) is 7.52. The van der Waals surface area contributed by atoms with Gasteiger partial charge in [-0.05, 0) is 6.42 Å². The molecule has 6 heteroatoms. The van der Waals surface area contributed by atoms with Crippen LogP contribution < -0.4 is 11.0 Å². The number of hydrogen-bond donors (Lipinski definition) is 3. The quantitative estimate of drug-likeness (QED) is 0.482. The molecular formula is C8H24N2O4. The van der Waals surface area contributed by atoms with Crippen LogP contribution >= 0.6 is 0 Å². The summed E-state index contributed by atoms with van der Waals surface area (Å²) in [5.74, 6) is -0.627. The van der Waals surface area contributed by atoms with Crippen molar-refractivity contribution >= 4 is 12.0 Å². The lowest BCUT2D eigenvalue weighted by molar-refractivity contribution is -0.133. The van der Waals surface area contributed by atoms with Crippen molar-refractivity contribution in [2.75, 3.05) is 0 Å². The number of hydroxylamine groups is 2. The van der Waals surface area contributed by atoms with Crippen LogP contribution in [-0.2, 0) is 9.63 Å². The van der Waals surface area contributed by atoms with Gasteiger partial charge >= 0.3 is 6.09 Å². The fourth-order valence-corrected chi connectivity index (χ4v) is 0.405. The van der Waals surface area contributed by atoms with E-state index in [1.165, 1.54) is 5.48 Å². The van der Waals surface area contributed by atoms with Crippen molar-refractivity contribution in [1.82, 2.24) is 11.0 Å². The van der Waals surface area contributed by atoms with Crippen molar-refractivity contribution in [1.29, 1.82) is 0 Å². The molecule has 1 atom stereocenters. The Morgan fingerprint density at radius 3 is 2.36 bits per heavy atom. The monoisotopic (exact) mass is 212 g/mol. The Labute approximate surface area is 88.0 Å². The highest BCUT2D eigenvalue weighted by molar-refractivity contribution is 5.78. The zero-order valence-electron chi connectivity index (χ0n) is 8.96. The summed E-state index contributed by atoms with van der Waals surface area (Å²) in [4.78, 5) is 25.2. The summed E-state index contributed by atoms with van der Waals surface area (Å²) >= 11 is 0. The smallest absolute Gasteiger partial charge is 0.320 e. The van der Waals surface area contributed by atoms with Gasteiger partial charge in [-0.15, -0.1) is 0 Å². The third-order valence-corrected chi connectivity index (χ3v) is 1.40. The first kappa shape index (κ1) is 15.2. The molecule has 0 unspecified atom stereocenters. The molecule has 14 heavy (non-hydrogen) atoms. The predicted octanol–water partition coefficient (Wildman–Crippen LogP) is 1.94. The normalized spacial score (nSPS) is 10.4. The van der Waals surface area contributed by atoms with Gasteiger partial charge in [0, 0.05) is 10.2 Å². The van der Waals surface area contributed by atoms with E-state index in [2.05, 4.69) is 4.84 Å². The van der Waals surface area contributed by atoms with Crippen LogP contribution in [0.3, 0.4) is 0 Å². The van der Waals surface area contributed by atoms with Crippen molar-refractivity contribution in [2.24, 2.45) is 5.92 Å². The fraction of sp³-hybridized carbons (Fsp3) is 0.750. The summed E-state index contributed by atoms with van der Waals surface area (Å²) in [6, 6.07) is 0. The molecule has 0 fully saturated rings. The molecule has 0 aliphatic rings. The maximum absolute atomic E-state index is 10.9. The number of carbonyl (C=O) groups is 2. The van der Waals surface area contributed by atoms with E-state index in [1.54, 1.807) is 6.92 Å². The first-order chi connectivity index (χ1) is 6.61. The van der Waals surface area contributed by atoms with Gasteiger partial charge in [-0.3, -0.25) is 10.0 Å². The van der Waals surface area contributed by atoms with Gasteiger partial charge in [0.1, 0.15) is 0 Å². The largest absolute Gasteiger partial charge is 0.455 e. The van der Waals surface area contributed by atoms with E-state index >= 15 is 0 Å². The minimum Gasteiger partial charge on any atom is -0.320 e. The average Bonchev–Trinajstić information content (AvgIpc) is 2.26. The molecule has 3 N–H and O–H groups in total. The number of carbonyl (C=O) groups excluding carboxylic acids is 2. The Bertz CT molecular complexity index is 184. The van der Waals surface area contributed by atoms with Crippen molar-refractivity contribution in [3.63, 3.8) is 0 Å². The molecule has 0 saturated heterocycles. The van der Waals surface area contributed by atoms with Crippen LogP contribution in [-0.4, -0.2) is 17.2 Å². The van der Waals surface area contributed by atoms with E-state index in [9.17, 15) is 9.59 Å². The molecule has 0 aliphatic carbocycles. The Morgan fingerprint density at radius 2 is 2.00 bits per heavy atom. The lowest BCUT2D eigenvalue weighted by Crippen LogP contribution is -2.34. The highest BCUT2D eigenvalue weighted by atomic mass is 16.7. The van der Waals surface area contributed by atoms with Gasteiger partial charge < -0.3 is 4.84 Å². The highest BCUT2D eigenvalue weighted by Gasteiger charge is 2.11. The van der Waals surface area contributed by atoms with E-state index in [0.29, 0.717) is 6.42 Å². The van der Waals surface area contributed by atoms with Crippen LogP contribution in [0, 0.1) is 5.92 Å². The maximum atomic E-state index is 10.9. The zero-order valence-corrected chi connectivity index (χ0v) is 8.96. The Balaban J connectivity index is -0.0000000907. The molecular weight excluding hydrogens is 188 g/mol. The average molecular weight is 212 g/mol. The van der Waals surface area contributed by atoms with E-state index < -0.39 is 12.0 Å². The van der Waals surface area contributed by atoms with Crippen LogP contribution in [0.25, 0.3) is 0 Å². The highest BCUT2D eigenvalue weighted by Crippen LogP contribution is 1.98. The van der Waals surface area contributed by atoms with Crippen LogP contribution in [0.4, 0.5) is 4.79 Å². The van der Waals surface area contributed by atoms with Crippen LogP contribution in [0.15, 0.2) is 0 Å². The molecule has 0 bridgehead atoms. The van der Waals surface area contributed by atoms with Gasteiger partial charge in [0.15, 0.2) is 0 Å². The first-order valence-electron chi connectivity index (χ1n) is 4.52. The van der Waals surface area contributed by atoms with Crippen molar-refractivity contribution in [3.8, 4) is 0 Å². The van der Waals surface area contributed by atoms with E-state index in [0.717, 1.165) is 0 Å². The molecule has 0 radical (unpaired) electrons. The third-order valence-electron chi connectivity index (χ3n) is 1.40. The standard InChI is InChI=1S/C6H12N2O4.C2H6.3H2/c1-3-4(2)5(9)8-12-6(10)7-11;1-2;;;/h4,11H,3H2,1-2H3,(H,7,10)(H,8,9);1-2H3;3*1H/t4-;;;;/m1..../s1. The minimum absolute atomic E-state index is 0. The summed E-state index contributed by atoms with van der Waals surface area (Å²) in [6.07, 6.45) is -0.470. The van der Waals surface area contributed by atoms with Crippen molar-refractivity contribution in [3.05, 3.63) is 0 Å². The number of amides is 2. The second-order valence-corrected chi connectivity index (χ2v) is 2.28. The second kappa shape index (κ2) is 9.79. The molecule has 90 valence electrons. The van der Waals surface area contributed by atoms with Gasteiger partial charge in [0.25, 0.3) is 5.91 Å². The molecule has 0 spiro atoms. The van der Waals surface area contributed by atoms with E-state index in [4.69, 9.17) is 5.21 Å². The summed E-state index contributed by atoms with van der Waals surface area (Å²) in [5.41, 5.74) is 3.07. The molecule has 0 rings (SSSR count). The topological polar surface area (TPSA) is 87.7 Å². The van der Waals surface area contributed by atoms with E-state index in [1.807, 2.05) is 26.3 Å². The molecule has 0 aromatic rings. The van der Waals surface area contributed by atoms with Gasteiger partial charge in [-0.2, -0.15) is 5.48 Å². The number of nitrogens with one attached hydrogen (secondary N) is 2. The maximum Gasteiger partial charge on any atom is 0.455 e. The third kappa shape index (κ3) is 7.35. The first-order valence-corrected chi connectivity index (χ1v) is 4.52. The van der Waals surface area contributed by atoms with Crippen LogP contribution in [0.5, 0.6) is 0 Å². The Kier molecular flexibility index (Phi) is 10.6. The van der Waals surface area contributed by atoms with Gasteiger partial charge in [-0.1, -0.05) is 27.7 Å². The molecule has 0 heterocycles. The lowest BCUT2D eigenvalue weighted by Gasteiger charge is -2.08. The fourth-order valence-electron chi connectivity index (χ4n) is 0.405. The zero-order chi connectivity index (χ0) is 11.6. The number of rotatable bonds is 2. The molecule has 0 aromatic heterocycles. The summed E-state index contributed by atoms with van der Waals surface area (Å²) < 4.78 is 0. The van der Waals surface area contributed by atoms with Gasteiger partial charge in [-0.25, -0.2) is 10.3 Å². The molecule has 6 nitrogen and oxygen atoms in total. The second-order valence-electron chi connectivity index (χ2n) is 2.28. The van der Waals surface area contributed by atoms with Crippen molar-refractivity contribution < 1.29 is 23.9 Å². The Hall–Kier alpha value is -1.30. The summed E-state index contributed by atoms with van der Waals surface area (Å²) in [7, 11) is 0. The Morgan fingerprint density at radius 1 is 1.50 bits per heavy atom. The van der Waals surface area contributed by atoms with Gasteiger partial charge in [0.05, 0.1) is 0 Å². The van der Waals surface area contributed by atoms with Gasteiger partial charge in [0.2, 0.25) is 0 Å². The molecule has 0 aliphatic heterocycles. The number of hydrogen-bond acceptors (Lipinski definition) is 4. The van der Waals surface area contributed by atoms with Crippen molar-refractivity contribution in [2.45, 2.75) is 34.1 Å².